The molecule has 0 radical (unpaired) electrons. The molecule has 1 saturated heterocycles. The molecular formula is C13H17ClN2O3. The highest BCUT2D eigenvalue weighted by Crippen LogP contribution is 2.26. The van der Waals surface area contributed by atoms with Gasteiger partial charge in [-0.1, -0.05) is 17.7 Å². The van der Waals surface area contributed by atoms with Gasteiger partial charge in [-0.2, -0.15) is 0 Å². The van der Waals surface area contributed by atoms with Crippen molar-refractivity contribution in [3.63, 3.8) is 0 Å². The Kier molecular flexibility index (Phi) is 4.74. The van der Waals surface area contributed by atoms with Crippen LogP contribution in [0.25, 0.3) is 0 Å². The van der Waals surface area contributed by atoms with E-state index in [-0.39, 0.29) is 11.8 Å². The summed E-state index contributed by atoms with van der Waals surface area (Å²) in [6.07, 6.45) is 2.06. The third-order valence-electron chi connectivity index (χ3n) is 3.34. The van der Waals surface area contributed by atoms with Gasteiger partial charge in [0.1, 0.15) is 0 Å². The Hall–Kier alpha value is -1.17. The van der Waals surface area contributed by atoms with Crippen LogP contribution in [0.15, 0.2) is 18.2 Å². The van der Waals surface area contributed by atoms with Crippen LogP contribution in [0.3, 0.4) is 0 Å². The second-order valence-corrected chi connectivity index (χ2v) is 5.19. The number of nitrogens with zero attached hydrogens (tertiary/aromatic N) is 1. The van der Waals surface area contributed by atoms with E-state index in [1.165, 1.54) is 6.07 Å². The number of hydrogen-bond donors (Lipinski definition) is 1. The number of hydrogen-bond acceptors (Lipinski definition) is 4. The Balaban J connectivity index is 2.04. The summed E-state index contributed by atoms with van der Waals surface area (Å²) in [4.78, 5) is 10.6. The Morgan fingerprint density at radius 3 is 3.05 bits per heavy atom. The molecule has 1 heterocycles. The van der Waals surface area contributed by atoms with Crippen LogP contribution in [0.5, 0.6) is 0 Å². The first kappa shape index (κ1) is 14.2. The van der Waals surface area contributed by atoms with E-state index in [9.17, 15) is 10.1 Å². The summed E-state index contributed by atoms with van der Waals surface area (Å²) in [5.41, 5.74) is 0.619. The summed E-state index contributed by atoms with van der Waals surface area (Å²) in [6, 6.07) is 5.08. The molecule has 0 spiro atoms. The zero-order chi connectivity index (χ0) is 13.8. The van der Waals surface area contributed by atoms with Crippen molar-refractivity contribution >= 4 is 17.3 Å². The highest BCUT2D eigenvalue weighted by molar-refractivity contribution is 6.31. The first-order valence-electron chi connectivity index (χ1n) is 6.34. The minimum absolute atomic E-state index is 0.0695. The molecule has 0 saturated carbocycles. The Bertz CT molecular complexity index is 467. The molecule has 0 bridgehead atoms. The van der Waals surface area contributed by atoms with E-state index in [2.05, 4.69) is 5.32 Å². The summed E-state index contributed by atoms with van der Waals surface area (Å²) >= 11 is 6.05. The van der Waals surface area contributed by atoms with Crippen molar-refractivity contribution in [2.24, 2.45) is 0 Å². The van der Waals surface area contributed by atoms with Crippen molar-refractivity contribution in [1.29, 1.82) is 0 Å². The number of nitro benzene ring substituents is 1. The highest BCUT2D eigenvalue weighted by atomic mass is 35.5. The molecule has 104 valence electrons. The van der Waals surface area contributed by atoms with Gasteiger partial charge in [-0.05, 0) is 25.8 Å². The van der Waals surface area contributed by atoms with E-state index in [1.807, 2.05) is 6.92 Å². The van der Waals surface area contributed by atoms with Crippen molar-refractivity contribution in [3.8, 4) is 0 Å². The molecule has 2 unspecified atom stereocenters. The molecule has 1 aromatic carbocycles. The average molecular weight is 285 g/mol. The van der Waals surface area contributed by atoms with Crippen LogP contribution in [0.1, 0.15) is 25.3 Å². The van der Waals surface area contributed by atoms with E-state index in [0.717, 1.165) is 19.4 Å². The van der Waals surface area contributed by atoms with E-state index in [0.29, 0.717) is 23.2 Å². The maximum absolute atomic E-state index is 11.0. The quantitative estimate of drug-likeness (QED) is 0.682. The standard InChI is InChI=1S/C13H17ClN2O3/c1-9-7-10(5-6-19-9)15-8-11-12(14)3-2-4-13(11)16(17)18/h2-4,9-10,15H,5-8H2,1H3. The lowest BCUT2D eigenvalue weighted by molar-refractivity contribution is -0.385. The summed E-state index contributed by atoms with van der Waals surface area (Å²) < 4.78 is 5.47. The zero-order valence-corrected chi connectivity index (χ0v) is 11.5. The molecule has 0 amide bonds. The van der Waals surface area contributed by atoms with Gasteiger partial charge < -0.3 is 10.1 Å². The van der Waals surface area contributed by atoms with Gasteiger partial charge in [-0.3, -0.25) is 10.1 Å². The number of nitro groups is 1. The molecular weight excluding hydrogens is 268 g/mol. The van der Waals surface area contributed by atoms with Crippen LogP contribution < -0.4 is 5.32 Å². The molecule has 1 aromatic rings. The molecule has 2 atom stereocenters. The molecule has 1 aliphatic heterocycles. The highest BCUT2D eigenvalue weighted by Gasteiger charge is 2.21. The summed E-state index contributed by atoms with van der Waals surface area (Å²) in [5, 5.41) is 14.7. The SMILES string of the molecule is CC1CC(NCc2c(Cl)cccc2[N+](=O)[O-])CCO1. The van der Waals surface area contributed by atoms with Crippen molar-refractivity contribution in [2.75, 3.05) is 6.61 Å². The largest absolute Gasteiger partial charge is 0.378 e. The number of rotatable bonds is 4. The Labute approximate surface area is 117 Å². The van der Waals surface area contributed by atoms with E-state index < -0.39 is 4.92 Å². The smallest absolute Gasteiger partial charge is 0.275 e. The predicted octanol–water partition coefficient (Wildman–Crippen LogP) is 2.91. The van der Waals surface area contributed by atoms with Crippen LogP contribution in [-0.2, 0) is 11.3 Å². The molecule has 19 heavy (non-hydrogen) atoms. The normalized spacial score (nSPS) is 23.3. The first-order valence-corrected chi connectivity index (χ1v) is 6.72. The second kappa shape index (κ2) is 6.32. The van der Waals surface area contributed by atoms with E-state index >= 15 is 0 Å². The van der Waals surface area contributed by atoms with Gasteiger partial charge in [-0.15, -0.1) is 0 Å². The van der Waals surface area contributed by atoms with E-state index in [1.54, 1.807) is 12.1 Å². The van der Waals surface area contributed by atoms with Crippen molar-refractivity contribution < 1.29 is 9.66 Å². The summed E-state index contributed by atoms with van der Waals surface area (Å²) in [5.74, 6) is 0. The molecule has 1 fully saturated rings. The van der Waals surface area contributed by atoms with Gasteiger partial charge in [0, 0.05) is 25.3 Å². The first-order chi connectivity index (χ1) is 9.08. The monoisotopic (exact) mass is 284 g/mol. The summed E-state index contributed by atoms with van der Waals surface area (Å²) in [7, 11) is 0. The fourth-order valence-electron chi connectivity index (χ4n) is 2.32. The lowest BCUT2D eigenvalue weighted by Crippen LogP contribution is -2.37. The third kappa shape index (κ3) is 3.65. The summed E-state index contributed by atoms with van der Waals surface area (Å²) in [6.45, 7) is 3.17. The van der Waals surface area contributed by atoms with Crippen LogP contribution in [0.4, 0.5) is 5.69 Å². The van der Waals surface area contributed by atoms with Crippen LogP contribution >= 0.6 is 11.6 Å². The molecule has 0 aromatic heterocycles. The molecule has 6 heteroatoms. The molecule has 2 rings (SSSR count). The Morgan fingerprint density at radius 2 is 2.37 bits per heavy atom. The van der Waals surface area contributed by atoms with Crippen LogP contribution in [0, 0.1) is 10.1 Å². The van der Waals surface area contributed by atoms with Crippen molar-refractivity contribution in [1.82, 2.24) is 5.32 Å². The fourth-order valence-corrected chi connectivity index (χ4v) is 2.56. The van der Waals surface area contributed by atoms with Crippen LogP contribution in [0.2, 0.25) is 5.02 Å². The third-order valence-corrected chi connectivity index (χ3v) is 3.70. The van der Waals surface area contributed by atoms with Gasteiger partial charge in [0.2, 0.25) is 0 Å². The molecule has 1 aliphatic rings. The number of ether oxygens (including phenoxy) is 1. The van der Waals surface area contributed by atoms with Crippen molar-refractivity contribution in [3.05, 3.63) is 38.9 Å². The van der Waals surface area contributed by atoms with Gasteiger partial charge in [0.05, 0.1) is 21.6 Å². The Morgan fingerprint density at radius 1 is 1.58 bits per heavy atom. The molecule has 5 nitrogen and oxygen atoms in total. The van der Waals surface area contributed by atoms with Gasteiger partial charge in [-0.25, -0.2) is 0 Å². The van der Waals surface area contributed by atoms with Crippen LogP contribution in [-0.4, -0.2) is 23.7 Å². The minimum Gasteiger partial charge on any atom is -0.378 e. The zero-order valence-electron chi connectivity index (χ0n) is 10.8. The number of nitrogens with one attached hydrogen (secondary N) is 1. The number of benzene rings is 1. The lowest BCUT2D eigenvalue weighted by atomic mass is 10.0. The van der Waals surface area contributed by atoms with Gasteiger partial charge in [0.15, 0.2) is 0 Å². The fraction of sp³-hybridized carbons (Fsp3) is 0.538. The number of halogens is 1. The average Bonchev–Trinajstić information content (AvgIpc) is 2.37. The van der Waals surface area contributed by atoms with Gasteiger partial charge in [0.25, 0.3) is 5.69 Å². The molecule has 0 aliphatic carbocycles. The molecule has 1 N–H and O–H groups in total. The van der Waals surface area contributed by atoms with Crippen molar-refractivity contribution in [2.45, 2.75) is 38.5 Å². The minimum atomic E-state index is -0.393. The second-order valence-electron chi connectivity index (χ2n) is 4.78. The maximum Gasteiger partial charge on any atom is 0.275 e. The van der Waals surface area contributed by atoms with Gasteiger partial charge >= 0.3 is 0 Å². The maximum atomic E-state index is 11.0. The lowest BCUT2D eigenvalue weighted by Gasteiger charge is -2.28. The predicted molar refractivity (Wildman–Crippen MR) is 73.4 cm³/mol. The van der Waals surface area contributed by atoms with E-state index in [4.69, 9.17) is 16.3 Å². The topological polar surface area (TPSA) is 64.4 Å².